The average Bonchev–Trinajstić information content (AvgIpc) is 2.78. The summed E-state index contributed by atoms with van der Waals surface area (Å²) >= 11 is 0. The minimum absolute atomic E-state index is 0.606. The van der Waals surface area contributed by atoms with E-state index < -0.39 is 0 Å². The standard InChI is InChI=1S/C13H23N3/c1-2-3-11-4-6-12(7-5-11)16-10-15-9-13(16)8-14/h9-12H,2-8,14H2,1H3. The molecule has 0 amide bonds. The predicted octanol–water partition coefficient (Wildman–Crippen LogP) is 2.87. The van der Waals surface area contributed by atoms with E-state index in [0.29, 0.717) is 12.6 Å². The molecule has 2 rings (SSSR count). The summed E-state index contributed by atoms with van der Waals surface area (Å²) in [6.45, 7) is 2.89. The van der Waals surface area contributed by atoms with E-state index in [1.54, 1.807) is 0 Å². The molecule has 0 unspecified atom stereocenters. The van der Waals surface area contributed by atoms with Crippen LogP contribution in [-0.2, 0) is 6.54 Å². The Labute approximate surface area is 98.1 Å². The van der Waals surface area contributed by atoms with Crippen molar-refractivity contribution >= 4 is 0 Å². The van der Waals surface area contributed by atoms with Gasteiger partial charge in [-0.15, -0.1) is 0 Å². The number of imidazole rings is 1. The molecule has 3 nitrogen and oxygen atoms in total. The van der Waals surface area contributed by atoms with E-state index >= 15 is 0 Å². The molecule has 0 radical (unpaired) electrons. The zero-order valence-corrected chi connectivity index (χ0v) is 10.2. The summed E-state index contributed by atoms with van der Waals surface area (Å²) in [5.74, 6) is 0.964. The SMILES string of the molecule is CCCC1CCC(n2cncc2CN)CC1. The minimum atomic E-state index is 0.606. The second-order valence-corrected chi connectivity index (χ2v) is 4.96. The van der Waals surface area contributed by atoms with Crippen molar-refractivity contribution < 1.29 is 0 Å². The van der Waals surface area contributed by atoms with Crippen LogP contribution >= 0.6 is 0 Å². The second kappa shape index (κ2) is 5.48. The maximum Gasteiger partial charge on any atom is 0.0951 e. The van der Waals surface area contributed by atoms with Crippen LogP contribution in [0.2, 0.25) is 0 Å². The van der Waals surface area contributed by atoms with Crippen molar-refractivity contribution in [1.29, 1.82) is 0 Å². The summed E-state index contributed by atoms with van der Waals surface area (Å²) in [5, 5.41) is 0. The van der Waals surface area contributed by atoms with Crippen LogP contribution < -0.4 is 5.73 Å². The van der Waals surface area contributed by atoms with Crippen LogP contribution in [0.5, 0.6) is 0 Å². The Balaban J connectivity index is 1.93. The van der Waals surface area contributed by atoms with Crippen LogP contribution in [0.4, 0.5) is 0 Å². The summed E-state index contributed by atoms with van der Waals surface area (Å²) in [7, 11) is 0. The van der Waals surface area contributed by atoms with Gasteiger partial charge in [0.2, 0.25) is 0 Å². The molecule has 16 heavy (non-hydrogen) atoms. The molecule has 1 saturated carbocycles. The van der Waals surface area contributed by atoms with E-state index in [2.05, 4.69) is 16.5 Å². The van der Waals surface area contributed by atoms with Crippen molar-refractivity contribution in [3.8, 4) is 0 Å². The molecule has 1 aliphatic carbocycles. The smallest absolute Gasteiger partial charge is 0.0951 e. The number of nitrogens with two attached hydrogens (primary N) is 1. The van der Waals surface area contributed by atoms with Gasteiger partial charge in [0.25, 0.3) is 0 Å². The lowest BCUT2D eigenvalue weighted by molar-refractivity contribution is 0.259. The summed E-state index contributed by atoms with van der Waals surface area (Å²) in [4.78, 5) is 4.21. The third-order valence-corrected chi connectivity index (χ3v) is 3.86. The normalized spacial score (nSPS) is 25.9. The van der Waals surface area contributed by atoms with Crippen molar-refractivity contribution in [3.05, 3.63) is 18.2 Å². The van der Waals surface area contributed by atoms with Gasteiger partial charge in [-0.05, 0) is 31.6 Å². The highest BCUT2D eigenvalue weighted by Crippen LogP contribution is 2.34. The number of hydrogen-bond acceptors (Lipinski definition) is 2. The van der Waals surface area contributed by atoms with Crippen molar-refractivity contribution in [2.45, 2.75) is 58.0 Å². The first-order valence-electron chi connectivity index (χ1n) is 6.56. The summed E-state index contributed by atoms with van der Waals surface area (Å²) in [6.07, 6.45) is 11.9. The van der Waals surface area contributed by atoms with Crippen LogP contribution in [0.1, 0.15) is 57.2 Å². The molecule has 0 spiro atoms. The number of rotatable bonds is 4. The first kappa shape index (κ1) is 11.6. The van der Waals surface area contributed by atoms with Gasteiger partial charge in [-0.2, -0.15) is 0 Å². The van der Waals surface area contributed by atoms with E-state index in [1.807, 2.05) is 12.5 Å². The molecule has 1 aliphatic rings. The van der Waals surface area contributed by atoms with E-state index in [1.165, 1.54) is 44.2 Å². The molecule has 1 fully saturated rings. The molecule has 3 heteroatoms. The largest absolute Gasteiger partial charge is 0.330 e. The topological polar surface area (TPSA) is 43.8 Å². The third-order valence-electron chi connectivity index (χ3n) is 3.86. The predicted molar refractivity (Wildman–Crippen MR) is 66.0 cm³/mol. The molecule has 0 bridgehead atoms. The molecule has 2 N–H and O–H groups in total. The highest BCUT2D eigenvalue weighted by Gasteiger charge is 2.22. The average molecular weight is 221 g/mol. The highest BCUT2D eigenvalue weighted by atomic mass is 15.1. The quantitative estimate of drug-likeness (QED) is 0.849. The molecule has 1 aromatic rings. The van der Waals surface area contributed by atoms with E-state index in [4.69, 9.17) is 5.73 Å². The van der Waals surface area contributed by atoms with Gasteiger partial charge in [0, 0.05) is 18.8 Å². The Hall–Kier alpha value is -0.830. The maximum absolute atomic E-state index is 5.72. The van der Waals surface area contributed by atoms with Gasteiger partial charge in [-0.25, -0.2) is 4.98 Å². The van der Waals surface area contributed by atoms with E-state index in [9.17, 15) is 0 Å². The first-order valence-corrected chi connectivity index (χ1v) is 6.56. The van der Waals surface area contributed by atoms with Gasteiger partial charge < -0.3 is 10.3 Å². The Morgan fingerprint density at radius 3 is 2.75 bits per heavy atom. The summed E-state index contributed by atoms with van der Waals surface area (Å²) in [5.41, 5.74) is 6.90. The van der Waals surface area contributed by atoms with Crippen molar-refractivity contribution in [2.24, 2.45) is 11.7 Å². The second-order valence-electron chi connectivity index (χ2n) is 4.96. The lowest BCUT2D eigenvalue weighted by atomic mass is 9.83. The van der Waals surface area contributed by atoms with Crippen molar-refractivity contribution in [2.75, 3.05) is 0 Å². The molecule has 1 heterocycles. The molecular formula is C13H23N3. The Morgan fingerprint density at radius 2 is 2.12 bits per heavy atom. The number of nitrogens with zero attached hydrogens (tertiary/aromatic N) is 2. The van der Waals surface area contributed by atoms with Gasteiger partial charge in [-0.1, -0.05) is 19.8 Å². The third kappa shape index (κ3) is 2.46. The van der Waals surface area contributed by atoms with Crippen molar-refractivity contribution in [3.63, 3.8) is 0 Å². The van der Waals surface area contributed by atoms with Crippen LogP contribution in [0.3, 0.4) is 0 Å². The fourth-order valence-corrected chi connectivity index (χ4v) is 2.94. The van der Waals surface area contributed by atoms with Gasteiger partial charge in [0.1, 0.15) is 0 Å². The molecule has 0 saturated heterocycles. The fourth-order valence-electron chi connectivity index (χ4n) is 2.94. The van der Waals surface area contributed by atoms with Gasteiger partial charge in [-0.3, -0.25) is 0 Å². The van der Waals surface area contributed by atoms with Crippen molar-refractivity contribution in [1.82, 2.24) is 9.55 Å². The lowest BCUT2D eigenvalue weighted by Gasteiger charge is -2.30. The molecule has 0 aliphatic heterocycles. The van der Waals surface area contributed by atoms with E-state index in [-0.39, 0.29) is 0 Å². The molecule has 1 aromatic heterocycles. The van der Waals surface area contributed by atoms with Gasteiger partial charge in [0.05, 0.1) is 12.0 Å². The Morgan fingerprint density at radius 1 is 1.38 bits per heavy atom. The first-order chi connectivity index (χ1) is 7.85. The Kier molecular flexibility index (Phi) is 3.99. The van der Waals surface area contributed by atoms with Gasteiger partial charge >= 0.3 is 0 Å². The zero-order chi connectivity index (χ0) is 11.4. The Bertz CT molecular complexity index is 311. The zero-order valence-electron chi connectivity index (χ0n) is 10.2. The van der Waals surface area contributed by atoms with Crippen LogP contribution in [-0.4, -0.2) is 9.55 Å². The van der Waals surface area contributed by atoms with Gasteiger partial charge in [0.15, 0.2) is 0 Å². The van der Waals surface area contributed by atoms with Crippen LogP contribution in [0.15, 0.2) is 12.5 Å². The minimum Gasteiger partial charge on any atom is -0.330 e. The maximum atomic E-state index is 5.72. The number of hydrogen-bond donors (Lipinski definition) is 1. The van der Waals surface area contributed by atoms with Crippen LogP contribution in [0.25, 0.3) is 0 Å². The summed E-state index contributed by atoms with van der Waals surface area (Å²) < 4.78 is 2.29. The summed E-state index contributed by atoms with van der Waals surface area (Å²) in [6, 6.07) is 0.647. The fraction of sp³-hybridized carbons (Fsp3) is 0.769. The molecule has 0 atom stereocenters. The monoisotopic (exact) mass is 221 g/mol. The number of aromatic nitrogens is 2. The molecule has 90 valence electrons. The highest BCUT2D eigenvalue weighted by molar-refractivity contribution is 5.00. The van der Waals surface area contributed by atoms with E-state index in [0.717, 1.165) is 5.92 Å². The molecule has 0 aromatic carbocycles. The van der Waals surface area contributed by atoms with Crippen LogP contribution in [0, 0.1) is 5.92 Å². The molecular weight excluding hydrogens is 198 g/mol. The lowest BCUT2D eigenvalue weighted by Crippen LogP contribution is -2.20.